The largest absolute Gasteiger partial charge is 0.445 e. The lowest BCUT2D eigenvalue weighted by atomic mass is 10.2. The highest BCUT2D eigenvalue weighted by molar-refractivity contribution is 6.30. The first kappa shape index (κ1) is 23.8. The van der Waals surface area contributed by atoms with E-state index in [4.69, 9.17) is 32.7 Å². The summed E-state index contributed by atoms with van der Waals surface area (Å²) in [7, 11) is 0. The Bertz CT molecular complexity index is 1290. The summed E-state index contributed by atoms with van der Waals surface area (Å²) in [5.74, 6) is -0.286. The molecule has 0 bridgehead atoms. The number of carbonyl (C=O) groups is 2. The minimum Gasteiger partial charge on any atom is -0.445 e. The smallest absolute Gasteiger partial charge is 0.259 e. The number of halogens is 2. The van der Waals surface area contributed by atoms with Gasteiger partial charge in [0.05, 0.1) is 0 Å². The predicted octanol–water partition coefficient (Wildman–Crippen LogP) is 4.87. The second-order valence-corrected chi connectivity index (χ2v) is 8.86. The Kier molecular flexibility index (Phi) is 6.34. The summed E-state index contributed by atoms with van der Waals surface area (Å²) in [6.07, 6.45) is -1.52. The third-order valence-electron chi connectivity index (χ3n) is 5.43. The molecule has 0 saturated carbocycles. The molecule has 3 heterocycles. The highest BCUT2D eigenvalue weighted by Gasteiger charge is 2.36. The molecule has 182 valence electrons. The quantitative estimate of drug-likeness (QED) is 0.486. The van der Waals surface area contributed by atoms with Gasteiger partial charge in [0.15, 0.2) is 0 Å². The maximum Gasteiger partial charge on any atom is 0.259 e. The van der Waals surface area contributed by atoms with Crippen molar-refractivity contribution in [1.29, 1.82) is 0 Å². The zero-order valence-corrected chi connectivity index (χ0v) is 20.6. The van der Waals surface area contributed by atoms with Crippen molar-refractivity contribution in [2.45, 2.75) is 26.3 Å². The van der Waals surface area contributed by atoms with Crippen LogP contribution in [-0.4, -0.2) is 38.6 Å². The van der Waals surface area contributed by atoms with Crippen molar-refractivity contribution in [3.8, 4) is 0 Å². The first-order chi connectivity index (χ1) is 17.3. The molecule has 3 aromatic rings. The van der Waals surface area contributed by atoms with Crippen LogP contribution in [0.15, 0.2) is 76.9 Å². The van der Waals surface area contributed by atoms with Gasteiger partial charge in [-0.25, -0.2) is 4.98 Å². The average molecular weight is 524 g/mol. The van der Waals surface area contributed by atoms with E-state index in [2.05, 4.69) is 15.2 Å². The van der Waals surface area contributed by atoms with Crippen molar-refractivity contribution in [2.24, 2.45) is 10.2 Å². The number of ether oxygens (including phenoxy) is 2. The van der Waals surface area contributed by atoms with Gasteiger partial charge in [-0.1, -0.05) is 53.5 Å². The number of hydrogen-bond acceptors (Lipinski definition) is 7. The monoisotopic (exact) mass is 523 g/mol. The lowest BCUT2D eigenvalue weighted by Gasteiger charge is -2.19. The molecule has 2 aliphatic heterocycles. The highest BCUT2D eigenvalue weighted by atomic mass is 35.5. The molecule has 0 N–H and O–H groups in total. The molecule has 11 heteroatoms. The van der Waals surface area contributed by atoms with Gasteiger partial charge in [-0.15, -0.1) is 10.2 Å². The van der Waals surface area contributed by atoms with E-state index in [0.29, 0.717) is 32.6 Å². The van der Waals surface area contributed by atoms with Crippen molar-refractivity contribution in [1.82, 2.24) is 15.0 Å². The van der Waals surface area contributed by atoms with Gasteiger partial charge in [0, 0.05) is 35.0 Å². The van der Waals surface area contributed by atoms with E-state index in [1.165, 1.54) is 23.9 Å². The molecule has 1 aromatic heterocycles. The number of aromatic nitrogens is 1. The first-order valence-corrected chi connectivity index (χ1v) is 11.6. The van der Waals surface area contributed by atoms with Crippen molar-refractivity contribution >= 4 is 46.8 Å². The molecular weight excluding hydrogens is 505 g/mol. The van der Waals surface area contributed by atoms with Crippen LogP contribution in [0.1, 0.15) is 48.8 Å². The third-order valence-corrected chi connectivity index (χ3v) is 5.93. The number of pyridine rings is 1. The minimum atomic E-state index is -0.761. The van der Waals surface area contributed by atoms with Gasteiger partial charge in [0.25, 0.3) is 11.8 Å². The van der Waals surface area contributed by atoms with Crippen molar-refractivity contribution in [2.75, 3.05) is 0 Å². The summed E-state index contributed by atoms with van der Waals surface area (Å²) in [5.41, 5.74) is 2.14. The van der Waals surface area contributed by atoms with Gasteiger partial charge >= 0.3 is 0 Å². The SMILES string of the molecule is CC(=O)N1N=C(c2cccc(C3=NN(C(C)=O)C(c4ccc(Cl)cc4)O3)n2)OC1c1ccc(Cl)cc1. The molecule has 5 rings (SSSR count). The van der Waals surface area contributed by atoms with Gasteiger partial charge < -0.3 is 9.47 Å². The number of rotatable bonds is 4. The van der Waals surface area contributed by atoms with Gasteiger partial charge in [0.1, 0.15) is 11.4 Å². The predicted molar refractivity (Wildman–Crippen MR) is 133 cm³/mol. The first-order valence-electron chi connectivity index (χ1n) is 10.9. The molecule has 2 unspecified atom stereocenters. The van der Waals surface area contributed by atoms with Crippen LogP contribution in [0.5, 0.6) is 0 Å². The summed E-state index contributed by atoms with van der Waals surface area (Å²) < 4.78 is 12.0. The van der Waals surface area contributed by atoms with Gasteiger partial charge in [0.2, 0.25) is 24.3 Å². The van der Waals surface area contributed by atoms with Gasteiger partial charge in [-0.3, -0.25) is 9.59 Å². The molecule has 0 radical (unpaired) electrons. The van der Waals surface area contributed by atoms with Crippen LogP contribution in [0.25, 0.3) is 0 Å². The third kappa shape index (κ3) is 4.62. The molecular formula is C25H19Cl2N5O4. The molecule has 2 amide bonds. The van der Waals surface area contributed by atoms with Crippen LogP contribution >= 0.6 is 23.2 Å². The fraction of sp³-hybridized carbons (Fsp3) is 0.160. The summed E-state index contributed by atoms with van der Waals surface area (Å²) in [6.45, 7) is 2.80. The Morgan fingerprint density at radius 1 is 0.694 bits per heavy atom. The van der Waals surface area contributed by atoms with E-state index in [1.54, 1.807) is 66.7 Å². The topological polar surface area (TPSA) is 96.7 Å². The van der Waals surface area contributed by atoms with Crippen molar-refractivity contribution in [3.63, 3.8) is 0 Å². The number of benzene rings is 2. The molecule has 0 fully saturated rings. The normalized spacial score (nSPS) is 18.9. The van der Waals surface area contributed by atoms with Crippen LogP contribution in [-0.2, 0) is 19.1 Å². The number of hydrogen-bond donors (Lipinski definition) is 0. The molecule has 0 saturated heterocycles. The lowest BCUT2D eigenvalue weighted by Crippen LogP contribution is -2.25. The second-order valence-electron chi connectivity index (χ2n) is 7.99. The van der Waals surface area contributed by atoms with E-state index in [1.807, 2.05) is 0 Å². The zero-order valence-electron chi connectivity index (χ0n) is 19.1. The number of nitrogens with zero attached hydrogens (tertiary/aromatic N) is 5. The van der Waals surface area contributed by atoms with Crippen LogP contribution in [0.2, 0.25) is 10.0 Å². The van der Waals surface area contributed by atoms with E-state index >= 15 is 0 Å². The van der Waals surface area contributed by atoms with E-state index in [9.17, 15) is 9.59 Å². The van der Waals surface area contributed by atoms with Gasteiger partial charge in [-0.2, -0.15) is 10.0 Å². The standard InChI is InChI=1S/C25H19Cl2N5O4/c1-14(33)31-24(16-6-10-18(26)11-7-16)35-22(29-31)20-4-3-5-21(28-20)23-30-32(15(2)34)25(36-23)17-8-12-19(27)13-9-17/h3-13,24-25H,1-2H3. The Morgan fingerprint density at radius 2 is 1.08 bits per heavy atom. The summed E-state index contributed by atoms with van der Waals surface area (Å²) in [5, 5.41) is 12.3. The number of hydrazone groups is 2. The van der Waals surface area contributed by atoms with Gasteiger partial charge in [-0.05, 0) is 36.4 Å². The number of amides is 2. The second kappa shape index (κ2) is 9.60. The van der Waals surface area contributed by atoms with Crippen LogP contribution < -0.4 is 0 Å². The molecule has 36 heavy (non-hydrogen) atoms. The zero-order chi connectivity index (χ0) is 25.4. The molecule has 2 aromatic carbocycles. The van der Waals surface area contributed by atoms with Crippen LogP contribution in [0.4, 0.5) is 0 Å². The average Bonchev–Trinajstić information content (AvgIpc) is 3.51. The molecule has 2 aliphatic rings. The van der Waals surface area contributed by atoms with E-state index < -0.39 is 12.5 Å². The summed E-state index contributed by atoms with van der Waals surface area (Å²) in [4.78, 5) is 29.1. The van der Waals surface area contributed by atoms with Crippen LogP contribution in [0, 0.1) is 0 Å². The Labute approximate surface area is 216 Å². The summed E-state index contributed by atoms with van der Waals surface area (Å²) in [6, 6.07) is 19.0. The Hall–Kier alpha value is -3.95. The lowest BCUT2D eigenvalue weighted by molar-refractivity contribution is -0.136. The maximum absolute atomic E-state index is 12.2. The van der Waals surface area contributed by atoms with Crippen molar-refractivity contribution < 1.29 is 19.1 Å². The Balaban J connectivity index is 1.43. The highest BCUT2D eigenvalue weighted by Crippen LogP contribution is 2.32. The molecule has 2 atom stereocenters. The number of carbonyl (C=O) groups excluding carboxylic acids is 2. The van der Waals surface area contributed by atoms with Crippen LogP contribution in [0.3, 0.4) is 0 Å². The molecule has 9 nitrogen and oxygen atoms in total. The maximum atomic E-state index is 12.2. The fourth-order valence-corrected chi connectivity index (χ4v) is 3.95. The minimum absolute atomic E-state index is 0.156. The summed E-state index contributed by atoms with van der Waals surface area (Å²) >= 11 is 12.0. The van der Waals surface area contributed by atoms with E-state index in [-0.39, 0.29) is 23.6 Å². The Morgan fingerprint density at radius 3 is 1.44 bits per heavy atom. The molecule has 0 aliphatic carbocycles. The van der Waals surface area contributed by atoms with E-state index in [0.717, 1.165) is 0 Å². The fourth-order valence-electron chi connectivity index (χ4n) is 3.70. The van der Waals surface area contributed by atoms with Crippen molar-refractivity contribution in [3.05, 3.63) is 99.3 Å². The molecule has 0 spiro atoms.